The van der Waals surface area contributed by atoms with Gasteiger partial charge in [0.2, 0.25) is 0 Å². The molecule has 1 amide bonds. The van der Waals surface area contributed by atoms with E-state index >= 15 is 0 Å². The second-order valence-corrected chi connectivity index (χ2v) is 9.32. The van der Waals surface area contributed by atoms with Crippen LogP contribution in [0.25, 0.3) is 5.76 Å². The Bertz CT molecular complexity index is 1480. The highest BCUT2D eigenvalue weighted by atomic mass is 32.1. The average Bonchev–Trinajstić information content (AvgIpc) is 3.43. The number of esters is 1. The normalized spacial score (nSPS) is 16.5. The van der Waals surface area contributed by atoms with E-state index in [2.05, 4.69) is 4.98 Å². The standard InChI is InChI=1S/C27H26N2O8S/c1-13-12-15(10-11-17(13)34-3)21(30)19-20(16-8-7-9-18(35-4)23(16)36-5)29(25(32)22(19)31)27-28-14(2)24(38-27)26(33)37-6/h7-12,20,30H,1-6H3/t20-/m0/s1. The third-order valence-electron chi connectivity index (χ3n) is 6.20. The zero-order chi connectivity index (χ0) is 27.7. The number of Topliss-reactive ketones (excluding diaryl/α,β-unsaturated/α-hetero) is 1. The lowest BCUT2D eigenvalue weighted by molar-refractivity contribution is -0.132. The Labute approximate surface area is 223 Å². The van der Waals surface area contributed by atoms with Crippen LogP contribution in [0.2, 0.25) is 0 Å². The van der Waals surface area contributed by atoms with Gasteiger partial charge in [-0.15, -0.1) is 0 Å². The first-order chi connectivity index (χ1) is 18.2. The molecule has 198 valence electrons. The molecule has 4 rings (SSSR count). The van der Waals surface area contributed by atoms with E-state index in [0.717, 1.165) is 21.8 Å². The summed E-state index contributed by atoms with van der Waals surface area (Å²) in [6.45, 7) is 3.40. The number of hydrogen-bond donors (Lipinski definition) is 1. The largest absolute Gasteiger partial charge is 0.507 e. The molecule has 0 spiro atoms. The van der Waals surface area contributed by atoms with Gasteiger partial charge in [-0.05, 0) is 43.7 Å². The quantitative estimate of drug-likeness (QED) is 0.204. The maximum atomic E-state index is 13.5. The maximum Gasteiger partial charge on any atom is 0.350 e. The number of methoxy groups -OCH3 is 4. The van der Waals surface area contributed by atoms with Gasteiger partial charge in [-0.25, -0.2) is 9.78 Å². The van der Waals surface area contributed by atoms with Crippen LogP contribution in [0.5, 0.6) is 17.2 Å². The number of carbonyl (C=O) groups is 3. The van der Waals surface area contributed by atoms with E-state index in [9.17, 15) is 19.5 Å². The van der Waals surface area contributed by atoms with Gasteiger partial charge in [0, 0.05) is 11.1 Å². The first-order valence-electron chi connectivity index (χ1n) is 11.4. The molecule has 2 aromatic carbocycles. The number of carbonyl (C=O) groups excluding carboxylic acids is 3. The SMILES string of the molecule is COC(=O)c1sc(N2C(=O)C(=O)C(=C(O)c3ccc(OC)c(C)c3)[C@@H]2c2cccc(OC)c2OC)nc1C. The molecule has 1 saturated heterocycles. The smallest absolute Gasteiger partial charge is 0.350 e. The number of amides is 1. The molecule has 0 radical (unpaired) electrons. The highest BCUT2D eigenvalue weighted by Gasteiger charge is 2.49. The number of aromatic nitrogens is 1. The Kier molecular flexibility index (Phi) is 7.40. The van der Waals surface area contributed by atoms with Crippen molar-refractivity contribution in [1.82, 2.24) is 4.98 Å². The van der Waals surface area contributed by atoms with Gasteiger partial charge in [0.25, 0.3) is 5.78 Å². The minimum atomic E-state index is -1.14. The Morgan fingerprint density at radius 3 is 2.32 bits per heavy atom. The Balaban J connectivity index is 2.01. The van der Waals surface area contributed by atoms with E-state index in [4.69, 9.17) is 18.9 Å². The molecule has 1 atom stereocenters. The van der Waals surface area contributed by atoms with Crippen LogP contribution >= 0.6 is 11.3 Å². The molecule has 1 aliphatic heterocycles. The van der Waals surface area contributed by atoms with Crippen molar-refractivity contribution in [3.8, 4) is 17.2 Å². The second-order valence-electron chi connectivity index (χ2n) is 8.34. The summed E-state index contributed by atoms with van der Waals surface area (Å²) in [4.78, 5) is 45.0. The van der Waals surface area contributed by atoms with Crippen molar-refractivity contribution in [2.45, 2.75) is 19.9 Å². The number of hydrogen-bond acceptors (Lipinski definition) is 10. The van der Waals surface area contributed by atoms with Crippen LogP contribution in [0.15, 0.2) is 42.0 Å². The molecule has 3 aromatic rings. The predicted molar refractivity (Wildman–Crippen MR) is 140 cm³/mol. The molecule has 0 bridgehead atoms. The van der Waals surface area contributed by atoms with E-state index in [0.29, 0.717) is 28.3 Å². The average molecular weight is 539 g/mol. The van der Waals surface area contributed by atoms with Crippen molar-refractivity contribution >= 4 is 39.9 Å². The van der Waals surface area contributed by atoms with Crippen LogP contribution in [0.1, 0.15) is 38.1 Å². The fraction of sp³-hybridized carbons (Fsp3) is 0.259. The van der Waals surface area contributed by atoms with Gasteiger partial charge in [-0.3, -0.25) is 14.5 Å². The van der Waals surface area contributed by atoms with Crippen LogP contribution in [0, 0.1) is 13.8 Å². The second kappa shape index (κ2) is 10.5. The number of aliphatic hydroxyl groups excluding tert-OH is 1. The molecular weight excluding hydrogens is 512 g/mol. The highest BCUT2D eigenvalue weighted by Crippen LogP contribution is 2.48. The number of nitrogens with zero attached hydrogens (tertiary/aromatic N) is 2. The lowest BCUT2D eigenvalue weighted by atomic mass is 9.94. The molecule has 1 fully saturated rings. The lowest BCUT2D eigenvalue weighted by Crippen LogP contribution is -2.29. The van der Waals surface area contributed by atoms with Gasteiger partial charge >= 0.3 is 11.9 Å². The molecule has 1 N–H and O–H groups in total. The van der Waals surface area contributed by atoms with Crippen LogP contribution < -0.4 is 19.1 Å². The number of thiazole rings is 1. The summed E-state index contributed by atoms with van der Waals surface area (Å²) in [5.41, 5.74) is 1.59. The lowest BCUT2D eigenvalue weighted by Gasteiger charge is -2.25. The van der Waals surface area contributed by atoms with Crippen molar-refractivity contribution in [2.75, 3.05) is 33.3 Å². The Morgan fingerprint density at radius 2 is 1.71 bits per heavy atom. The van der Waals surface area contributed by atoms with Crippen LogP contribution in [-0.4, -0.2) is 56.2 Å². The summed E-state index contributed by atoms with van der Waals surface area (Å²) >= 11 is 0.908. The van der Waals surface area contributed by atoms with Gasteiger partial charge in [-0.1, -0.05) is 23.5 Å². The van der Waals surface area contributed by atoms with E-state index in [1.54, 1.807) is 50.2 Å². The zero-order valence-corrected chi connectivity index (χ0v) is 22.5. The topological polar surface area (TPSA) is 124 Å². The van der Waals surface area contributed by atoms with Gasteiger partial charge in [-0.2, -0.15) is 0 Å². The Hall–Kier alpha value is -4.38. The number of rotatable bonds is 7. The number of benzene rings is 2. The van der Waals surface area contributed by atoms with Crippen LogP contribution in [-0.2, 0) is 14.3 Å². The summed E-state index contributed by atoms with van der Waals surface area (Å²) in [6, 6.07) is 8.79. The van der Waals surface area contributed by atoms with E-state index in [1.165, 1.54) is 28.4 Å². The summed E-state index contributed by atoms with van der Waals surface area (Å²) in [5, 5.41) is 11.5. The fourth-order valence-electron chi connectivity index (χ4n) is 4.40. The number of ketones is 1. The number of aliphatic hydroxyl groups is 1. The molecule has 0 aliphatic carbocycles. The monoisotopic (exact) mass is 538 g/mol. The van der Waals surface area contributed by atoms with Crippen molar-refractivity contribution in [3.63, 3.8) is 0 Å². The summed E-state index contributed by atoms with van der Waals surface area (Å²) in [6.07, 6.45) is 0. The van der Waals surface area contributed by atoms with Gasteiger partial charge in [0.1, 0.15) is 22.4 Å². The molecule has 1 aliphatic rings. The molecule has 11 heteroatoms. The van der Waals surface area contributed by atoms with Crippen molar-refractivity contribution in [2.24, 2.45) is 0 Å². The number of aryl methyl sites for hydroxylation is 2. The van der Waals surface area contributed by atoms with Gasteiger partial charge in [0.05, 0.1) is 39.7 Å². The zero-order valence-electron chi connectivity index (χ0n) is 21.6. The van der Waals surface area contributed by atoms with Crippen LogP contribution in [0.4, 0.5) is 5.13 Å². The van der Waals surface area contributed by atoms with E-state index in [1.807, 2.05) is 0 Å². The Morgan fingerprint density at radius 1 is 1.00 bits per heavy atom. The predicted octanol–water partition coefficient (Wildman–Crippen LogP) is 4.20. The molecule has 38 heavy (non-hydrogen) atoms. The molecule has 0 saturated carbocycles. The molecular formula is C27H26N2O8S. The van der Waals surface area contributed by atoms with E-state index in [-0.39, 0.29) is 27.1 Å². The molecule has 1 aromatic heterocycles. The van der Waals surface area contributed by atoms with Crippen molar-refractivity contribution < 1.29 is 38.4 Å². The molecule has 10 nitrogen and oxygen atoms in total. The fourth-order valence-corrected chi connectivity index (χ4v) is 5.41. The minimum absolute atomic E-state index is 0.0878. The summed E-state index contributed by atoms with van der Waals surface area (Å²) < 4.78 is 21.2. The van der Waals surface area contributed by atoms with Crippen molar-refractivity contribution in [3.05, 3.63) is 69.2 Å². The third kappa shape index (κ3) is 4.34. The number of ether oxygens (including phenoxy) is 4. The number of anilines is 1. The van der Waals surface area contributed by atoms with Crippen molar-refractivity contribution in [1.29, 1.82) is 0 Å². The number of para-hydroxylation sites is 1. The summed E-state index contributed by atoms with van der Waals surface area (Å²) in [7, 11) is 5.67. The molecule has 2 heterocycles. The highest BCUT2D eigenvalue weighted by molar-refractivity contribution is 7.17. The maximum absolute atomic E-state index is 13.5. The van der Waals surface area contributed by atoms with Gasteiger partial charge < -0.3 is 24.1 Å². The van der Waals surface area contributed by atoms with Crippen LogP contribution in [0.3, 0.4) is 0 Å². The first kappa shape index (κ1) is 26.7. The first-order valence-corrected chi connectivity index (χ1v) is 12.2. The van der Waals surface area contributed by atoms with E-state index < -0.39 is 23.7 Å². The third-order valence-corrected chi connectivity index (χ3v) is 7.34. The van der Waals surface area contributed by atoms with Gasteiger partial charge in [0.15, 0.2) is 16.6 Å². The summed E-state index contributed by atoms with van der Waals surface area (Å²) in [5.74, 6) is -1.61. The molecule has 0 unspecified atom stereocenters. The minimum Gasteiger partial charge on any atom is -0.507 e.